The predicted octanol–water partition coefficient (Wildman–Crippen LogP) is 3.37. The predicted molar refractivity (Wildman–Crippen MR) is 76.5 cm³/mol. The molecule has 0 aliphatic rings. The van der Waals surface area contributed by atoms with Crippen LogP contribution >= 0.6 is 23.2 Å². The molecular weight excluding hydrogens is 301 g/mol. The molecule has 1 aromatic carbocycles. The van der Waals surface area contributed by atoms with Crippen molar-refractivity contribution in [1.29, 1.82) is 0 Å². The molecule has 0 unspecified atom stereocenters. The maximum Gasteiger partial charge on any atom is 0.355 e. The summed E-state index contributed by atoms with van der Waals surface area (Å²) in [6, 6.07) is 7.86. The van der Waals surface area contributed by atoms with Crippen molar-refractivity contribution < 1.29 is 14.3 Å². The summed E-state index contributed by atoms with van der Waals surface area (Å²) in [5, 5.41) is 0.671. The van der Waals surface area contributed by atoms with Crippen LogP contribution in [0.25, 0.3) is 0 Å². The molecule has 0 fully saturated rings. The Kier molecular flexibility index (Phi) is 4.47. The van der Waals surface area contributed by atoms with Crippen molar-refractivity contribution in [2.75, 3.05) is 6.61 Å². The van der Waals surface area contributed by atoms with E-state index < -0.39 is 5.97 Å². The van der Waals surface area contributed by atoms with E-state index in [1.807, 2.05) is 0 Å². The Morgan fingerprint density at radius 1 is 1.25 bits per heavy atom. The molecule has 0 bridgehead atoms. The van der Waals surface area contributed by atoms with Gasteiger partial charge in [-0.15, -0.1) is 0 Å². The van der Waals surface area contributed by atoms with Crippen molar-refractivity contribution in [2.45, 2.75) is 0 Å². The van der Waals surface area contributed by atoms with Gasteiger partial charge in [0.25, 0.3) is 0 Å². The van der Waals surface area contributed by atoms with Crippen molar-refractivity contribution in [3.8, 4) is 0 Å². The number of ketones is 1. The molecular formula is C14H11Cl2NO3. The maximum atomic E-state index is 11.9. The number of carbonyl (C=O) groups is 2. The fourth-order valence-electron chi connectivity index (χ4n) is 1.67. The summed E-state index contributed by atoms with van der Waals surface area (Å²) < 4.78 is 6.58. The van der Waals surface area contributed by atoms with Crippen LogP contribution < -0.4 is 0 Å². The molecule has 4 nitrogen and oxygen atoms in total. The molecule has 0 spiro atoms. The first-order chi connectivity index (χ1) is 9.49. The highest BCUT2D eigenvalue weighted by Gasteiger charge is 2.15. The second-order valence-electron chi connectivity index (χ2n) is 4.13. The van der Waals surface area contributed by atoms with Crippen molar-refractivity contribution in [1.82, 2.24) is 4.57 Å². The van der Waals surface area contributed by atoms with Crippen molar-refractivity contribution in [2.24, 2.45) is 7.05 Å². The van der Waals surface area contributed by atoms with E-state index in [1.165, 1.54) is 12.1 Å². The lowest BCUT2D eigenvalue weighted by molar-refractivity contribution is 0.0465. The molecule has 0 aliphatic carbocycles. The molecule has 20 heavy (non-hydrogen) atoms. The fourth-order valence-corrected chi connectivity index (χ4v) is 2.19. The van der Waals surface area contributed by atoms with Gasteiger partial charge >= 0.3 is 5.97 Å². The van der Waals surface area contributed by atoms with Gasteiger partial charge in [-0.1, -0.05) is 23.2 Å². The van der Waals surface area contributed by atoms with Crippen LogP contribution in [0.2, 0.25) is 10.0 Å². The van der Waals surface area contributed by atoms with Crippen LogP contribution in [0.3, 0.4) is 0 Å². The van der Waals surface area contributed by atoms with Gasteiger partial charge in [0.05, 0.1) is 5.02 Å². The summed E-state index contributed by atoms with van der Waals surface area (Å²) in [7, 11) is 1.72. The van der Waals surface area contributed by atoms with Crippen LogP contribution in [0.15, 0.2) is 36.5 Å². The topological polar surface area (TPSA) is 48.3 Å². The van der Waals surface area contributed by atoms with Gasteiger partial charge < -0.3 is 9.30 Å². The fraction of sp³-hybridized carbons (Fsp3) is 0.143. The van der Waals surface area contributed by atoms with E-state index in [-0.39, 0.29) is 23.0 Å². The minimum atomic E-state index is -0.559. The van der Waals surface area contributed by atoms with Gasteiger partial charge in [-0.3, -0.25) is 4.79 Å². The Balaban J connectivity index is 2.02. The summed E-state index contributed by atoms with van der Waals surface area (Å²) in [6.07, 6.45) is 1.72. The van der Waals surface area contributed by atoms with E-state index in [4.69, 9.17) is 27.9 Å². The molecule has 6 heteroatoms. The molecule has 2 rings (SSSR count). The van der Waals surface area contributed by atoms with Crippen molar-refractivity contribution >= 4 is 35.0 Å². The van der Waals surface area contributed by atoms with Gasteiger partial charge in [0.2, 0.25) is 5.78 Å². The summed E-state index contributed by atoms with van der Waals surface area (Å²) in [4.78, 5) is 23.7. The second kappa shape index (κ2) is 6.11. The smallest absolute Gasteiger partial charge is 0.355 e. The van der Waals surface area contributed by atoms with E-state index in [1.54, 1.807) is 36.0 Å². The van der Waals surface area contributed by atoms with Gasteiger partial charge in [-0.2, -0.15) is 0 Å². The highest BCUT2D eigenvalue weighted by atomic mass is 35.5. The Labute approximate surface area is 125 Å². The van der Waals surface area contributed by atoms with E-state index in [0.717, 1.165) is 0 Å². The van der Waals surface area contributed by atoms with Crippen LogP contribution in [0.4, 0.5) is 0 Å². The molecule has 1 heterocycles. The number of benzene rings is 1. The largest absolute Gasteiger partial charge is 0.453 e. The van der Waals surface area contributed by atoms with Crippen LogP contribution in [-0.4, -0.2) is 22.9 Å². The zero-order valence-electron chi connectivity index (χ0n) is 10.6. The second-order valence-corrected chi connectivity index (χ2v) is 4.97. The first kappa shape index (κ1) is 14.6. The zero-order valence-corrected chi connectivity index (χ0v) is 12.1. The maximum absolute atomic E-state index is 11.9. The SMILES string of the molecule is Cn1cccc1C(=O)OCC(=O)c1ccc(Cl)cc1Cl. The highest BCUT2D eigenvalue weighted by Crippen LogP contribution is 2.21. The van der Waals surface area contributed by atoms with Gasteiger partial charge in [0.15, 0.2) is 6.61 Å². The first-order valence-corrected chi connectivity index (χ1v) is 6.51. The molecule has 0 amide bonds. The Morgan fingerprint density at radius 2 is 2.00 bits per heavy atom. The number of nitrogens with zero attached hydrogens (tertiary/aromatic N) is 1. The lowest BCUT2D eigenvalue weighted by Crippen LogP contribution is -2.16. The molecule has 0 N–H and O–H groups in total. The van der Waals surface area contributed by atoms with E-state index in [0.29, 0.717) is 10.7 Å². The van der Waals surface area contributed by atoms with Gasteiger partial charge in [-0.05, 0) is 30.3 Å². The molecule has 0 saturated heterocycles. The zero-order chi connectivity index (χ0) is 14.7. The number of rotatable bonds is 4. The van der Waals surface area contributed by atoms with Crippen LogP contribution in [0.5, 0.6) is 0 Å². The van der Waals surface area contributed by atoms with E-state index in [9.17, 15) is 9.59 Å². The Bertz CT molecular complexity index is 664. The van der Waals surface area contributed by atoms with Crippen LogP contribution in [0, 0.1) is 0 Å². The summed E-state index contributed by atoms with van der Waals surface area (Å²) in [5.74, 6) is -0.940. The average molecular weight is 312 g/mol. The van der Waals surface area contributed by atoms with E-state index >= 15 is 0 Å². The van der Waals surface area contributed by atoms with Crippen LogP contribution in [-0.2, 0) is 11.8 Å². The van der Waals surface area contributed by atoms with E-state index in [2.05, 4.69) is 0 Å². The molecule has 0 saturated carbocycles. The van der Waals surface area contributed by atoms with Gasteiger partial charge in [0, 0.05) is 23.8 Å². The Morgan fingerprint density at radius 3 is 2.60 bits per heavy atom. The minimum Gasteiger partial charge on any atom is -0.453 e. The van der Waals surface area contributed by atoms with Gasteiger partial charge in [0.1, 0.15) is 5.69 Å². The summed E-state index contributed by atoms with van der Waals surface area (Å²) in [6.45, 7) is -0.370. The average Bonchev–Trinajstić information content (AvgIpc) is 2.82. The number of hydrogen-bond donors (Lipinski definition) is 0. The minimum absolute atomic E-state index is 0.234. The number of hydrogen-bond acceptors (Lipinski definition) is 3. The summed E-state index contributed by atoms with van der Waals surface area (Å²) >= 11 is 11.7. The number of Topliss-reactive ketones (excluding diaryl/α,β-unsaturated/α-hetero) is 1. The normalized spacial score (nSPS) is 10.3. The third kappa shape index (κ3) is 3.21. The standard InChI is InChI=1S/C14H11Cl2NO3/c1-17-6-2-3-12(17)14(19)20-8-13(18)10-5-4-9(15)7-11(10)16/h2-7H,8H2,1H3. The Hall–Kier alpha value is -1.78. The molecule has 0 aliphatic heterocycles. The summed E-state index contributed by atoms with van der Waals surface area (Å²) in [5.41, 5.74) is 0.649. The molecule has 0 radical (unpaired) electrons. The highest BCUT2D eigenvalue weighted by molar-refractivity contribution is 6.36. The monoisotopic (exact) mass is 311 g/mol. The number of aryl methyl sites for hydroxylation is 1. The molecule has 1 aromatic heterocycles. The van der Waals surface area contributed by atoms with Crippen molar-refractivity contribution in [3.63, 3.8) is 0 Å². The molecule has 2 aromatic rings. The number of halogens is 2. The lowest BCUT2D eigenvalue weighted by Gasteiger charge is -2.06. The molecule has 104 valence electrons. The molecule has 0 atom stereocenters. The number of carbonyl (C=O) groups excluding carboxylic acids is 2. The quantitative estimate of drug-likeness (QED) is 0.642. The number of ether oxygens (including phenoxy) is 1. The number of aromatic nitrogens is 1. The third-order valence-electron chi connectivity index (χ3n) is 2.72. The van der Waals surface area contributed by atoms with Crippen molar-refractivity contribution in [3.05, 3.63) is 57.8 Å². The van der Waals surface area contributed by atoms with Crippen LogP contribution in [0.1, 0.15) is 20.8 Å². The first-order valence-electron chi connectivity index (χ1n) is 5.75. The number of esters is 1. The third-order valence-corrected chi connectivity index (χ3v) is 3.27. The van der Waals surface area contributed by atoms with Gasteiger partial charge in [-0.25, -0.2) is 4.79 Å². The lowest BCUT2D eigenvalue weighted by atomic mass is 10.1.